The molecule has 2 aromatic rings. The molecule has 3 N–H and O–H groups in total. The maximum Gasteiger partial charge on any atom is 0.334 e. The van der Waals surface area contributed by atoms with Crippen molar-refractivity contribution in [2.45, 2.75) is 18.6 Å². The Labute approximate surface area is 155 Å². The number of thiophene rings is 1. The third-order valence-electron chi connectivity index (χ3n) is 3.67. The quantitative estimate of drug-likeness (QED) is 0.612. The summed E-state index contributed by atoms with van der Waals surface area (Å²) >= 11 is 1.28. The molecule has 2 atom stereocenters. The lowest BCUT2D eigenvalue weighted by molar-refractivity contribution is -0.148. The van der Waals surface area contributed by atoms with E-state index in [2.05, 4.69) is 10.6 Å². The van der Waals surface area contributed by atoms with Gasteiger partial charge in [0.15, 0.2) is 6.10 Å². The molecule has 0 aliphatic carbocycles. The van der Waals surface area contributed by atoms with Gasteiger partial charge in [-0.05, 0) is 17.0 Å². The zero-order chi connectivity index (χ0) is 18.9. The Morgan fingerprint density at radius 3 is 2.46 bits per heavy atom. The van der Waals surface area contributed by atoms with Gasteiger partial charge >= 0.3 is 5.97 Å². The van der Waals surface area contributed by atoms with E-state index in [-0.39, 0.29) is 18.9 Å². The van der Waals surface area contributed by atoms with Crippen LogP contribution in [0.1, 0.15) is 15.2 Å². The Bertz CT molecular complexity index is 733. The molecule has 0 saturated heterocycles. The highest BCUT2D eigenvalue weighted by Gasteiger charge is 2.24. The zero-order valence-corrected chi connectivity index (χ0v) is 15.0. The molecule has 0 spiro atoms. The van der Waals surface area contributed by atoms with Crippen LogP contribution in [0.4, 0.5) is 0 Å². The molecule has 8 heteroatoms. The van der Waals surface area contributed by atoms with Crippen LogP contribution in [-0.2, 0) is 20.7 Å². The molecule has 0 radical (unpaired) electrons. The summed E-state index contributed by atoms with van der Waals surface area (Å²) in [5, 5.41) is 16.0. The fraction of sp³-hybridized carbons (Fsp3) is 0.278. The molecule has 0 aliphatic heterocycles. The predicted molar refractivity (Wildman–Crippen MR) is 97.2 cm³/mol. The Balaban J connectivity index is 2.07. The molecule has 2 unspecified atom stereocenters. The molecule has 0 fully saturated rings. The molecule has 0 aliphatic rings. The fourth-order valence-electron chi connectivity index (χ4n) is 2.28. The number of ether oxygens (including phenoxy) is 1. The highest BCUT2D eigenvalue weighted by Crippen LogP contribution is 2.10. The summed E-state index contributed by atoms with van der Waals surface area (Å²) in [5.74, 6) is -1.99. The number of hydrogen-bond donors (Lipinski definition) is 3. The van der Waals surface area contributed by atoms with Gasteiger partial charge in [0.1, 0.15) is 6.04 Å². The predicted octanol–water partition coefficient (Wildman–Crippen LogP) is 1.30. The number of carbonyl (C=O) groups excluding carboxylic acids is 2. The van der Waals surface area contributed by atoms with E-state index in [0.717, 1.165) is 5.56 Å². The third-order valence-corrected chi connectivity index (χ3v) is 4.54. The van der Waals surface area contributed by atoms with E-state index in [1.807, 2.05) is 30.3 Å². The second-order valence-corrected chi connectivity index (χ2v) is 6.45. The monoisotopic (exact) mass is 376 g/mol. The molecule has 0 bridgehead atoms. The van der Waals surface area contributed by atoms with Crippen LogP contribution in [0, 0.1) is 0 Å². The Hall–Kier alpha value is -2.71. The number of carbonyl (C=O) groups is 3. The second-order valence-electron chi connectivity index (χ2n) is 5.50. The van der Waals surface area contributed by atoms with Gasteiger partial charge in [-0.25, -0.2) is 4.79 Å². The van der Waals surface area contributed by atoms with Crippen molar-refractivity contribution in [3.05, 3.63) is 58.3 Å². The minimum atomic E-state index is -1.17. The van der Waals surface area contributed by atoms with Crippen molar-refractivity contribution in [1.82, 2.24) is 10.6 Å². The maximum absolute atomic E-state index is 12.5. The lowest BCUT2D eigenvalue weighted by Gasteiger charge is -2.19. The zero-order valence-electron chi connectivity index (χ0n) is 14.2. The van der Waals surface area contributed by atoms with Gasteiger partial charge in [-0.3, -0.25) is 9.59 Å². The highest BCUT2D eigenvalue weighted by atomic mass is 32.1. The largest absolute Gasteiger partial charge is 0.479 e. The van der Waals surface area contributed by atoms with Crippen LogP contribution >= 0.6 is 11.3 Å². The molecule has 26 heavy (non-hydrogen) atoms. The highest BCUT2D eigenvalue weighted by molar-refractivity contribution is 7.12. The summed E-state index contributed by atoms with van der Waals surface area (Å²) in [7, 11) is 1.25. The number of carboxylic acid groups (broad SMARTS) is 1. The van der Waals surface area contributed by atoms with E-state index in [1.54, 1.807) is 17.5 Å². The molecule has 138 valence electrons. The number of aliphatic carboxylic acids is 1. The van der Waals surface area contributed by atoms with Crippen molar-refractivity contribution in [3.8, 4) is 0 Å². The first-order valence-electron chi connectivity index (χ1n) is 7.93. The summed E-state index contributed by atoms with van der Waals surface area (Å²) in [6.07, 6.45) is -0.863. The Morgan fingerprint density at radius 2 is 1.88 bits per heavy atom. The summed E-state index contributed by atoms with van der Waals surface area (Å²) in [5.41, 5.74) is 0.876. The molecule has 0 saturated carbocycles. The number of hydrogen-bond acceptors (Lipinski definition) is 5. The third kappa shape index (κ3) is 5.68. The summed E-state index contributed by atoms with van der Waals surface area (Å²) in [6, 6.07) is 11.8. The average molecular weight is 376 g/mol. The number of benzene rings is 1. The molecule has 1 aromatic carbocycles. The van der Waals surface area contributed by atoms with Gasteiger partial charge < -0.3 is 20.5 Å². The molecular formula is C18H20N2O5S. The number of carboxylic acids is 1. The Kier molecular flexibility index (Phi) is 7.31. The van der Waals surface area contributed by atoms with Crippen LogP contribution in [0.3, 0.4) is 0 Å². The van der Waals surface area contributed by atoms with Crippen LogP contribution in [0.15, 0.2) is 47.8 Å². The van der Waals surface area contributed by atoms with Gasteiger partial charge in [0.05, 0.1) is 11.4 Å². The van der Waals surface area contributed by atoms with Crippen LogP contribution in [-0.4, -0.2) is 48.7 Å². The minimum absolute atomic E-state index is 0.190. The van der Waals surface area contributed by atoms with Gasteiger partial charge in [-0.15, -0.1) is 11.3 Å². The first-order chi connectivity index (χ1) is 12.5. The van der Waals surface area contributed by atoms with Crippen molar-refractivity contribution >= 4 is 29.1 Å². The van der Waals surface area contributed by atoms with Gasteiger partial charge in [0.25, 0.3) is 5.91 Å². The van der Waals surface area contributed by atoms with E-state index < -0.39 is 24.0 Å². The van der Waals surface area contributed by atoms with E-state index >= 15 is 0 Å². The van der Waals surface area contributed by atoms with E-state index in [1.165, 1.54) is 18.4 Å². The fourth-order valence-corrected chi connectivity index (χ4v) is 2.91. The van der Waals surface area contributed by atoms with Crippen LogP contribution in [0.5, 0.6) is 0 Å². The topological polar surface area (TPSA) is 105 Å². The van der Waals surface area contributed by atoms with Crippen LogP contribution in [0.2, 0.25) is 0 Å². The standard InChI is InChI=1S/C18H20N2O5S/c1-25-14(18(23)24)11-19-16(21)13(10-12-6-3-2-4-7-12)20-17(22)15-8-5-9-26-15/h2-9,13-14H,10-11H2,1H3,(H,19,21)(H,20,22)(H,23,24). The van der Waals surface area contributed by atoms with E-state index in [4.69, 9.17) is 9.84 Å². The van der Waals surface area contributed by atoms with Gasteiger partial charge in [-0.2, -0.15) is 0 Å². The van der Waals surface area contributed by atoms with Gasteiger partial charge in [0, 0.05) is 13.5 Å². The normalized spacial score (nSPS) is 12.8. The molecule has 2 amide bonds. The molecule has 7 nitrogen and oxygen atoms in total. The summed E-state index contributed by atoms with van der Waals surface area (Å²) in [4.78, 5) is 36.3. The van der Waals surface area contributed by atoms with E-state index in [9.17, 15) is 14.4 Å². The second kappa shape index (κ2) is 9.69. The summed E-state index contributed by atoms with van der Waals surface area (Å²) in [6.45, 7) is -0.190. The number of amides is 2. The van der Waals surface area contributed by atoms with Crippen molar-refractivity contribution in [1.29, 1.82) is 0 Å². The van der Waals surface area contributed by atoms with E-state index in [0.29, 0.717) is 4.88 Å². The molecular weight excluding hydrogens is 356 g/mol. The van der Waals surface area contributed by atoms with Gasteiger partial charge in [0.2, 0.25) is 5.91 Å². The maximum atomic E-state index is 12.5. The van der Waals surface area contributed by atoms with Crippen LogP contribution in [0.25, 0.3) is 0 Å². The Morgan fingerprint density at radius 1 is 1.15 bits per heavy atom. The average Bonchev–Trinajstić information content (AvgIpc) is 3.17. The minimum Gasteiger partial charge on any atom is -0.479 e. The SMILES string of the molecule is COC(CNC(=O)C(Cc1ccccc1)NC(=O)c1cccs1)C(=O)O. The van der Waals surface area contributed by atoms with Crippen LogP contribution < -0.4 is 10.6 Å². The first kappa shape index (κ1) is 19.6. The number of methoxy groups -OCH3 is 1. The van der Waals surface area contributed by atoms with Crippen molar-refractivity contribution in [3.63, 3.8) is 0 Å². The molecule has 1 aromatic heterocycles. The van der Waals surface area contributed by atoms with Crippen molar-refractivity contribution in [2.75, 3.05) is 13.7 Å². The van der Waals surface area contributed by atoms with Gasteiger partial charge in [-0.1, -0.05) is 36.4 Å². The molecule has 1 heterocycles. The van der Waals surface area contributed by atoms with Crippen molar-refractivity contribution < 1.29 is 24.2 Å². The number of rotatable bonds is 9. The number of nitrogens with one attached hydrogen (secondary N) is 2. The first-order valence-corrected chi connectivity index (χ1v) is 8.81. The summed E-state index contributed by atoms with van der Waals surface area (Å²) < 4.78 is 4.80. The van der Waals surface area contributed by atoms with Crippen molar-refractivity contribution in [2.24, 2.45) is 0 Å². The smallest absolute Gasteiger partial charge is 0.334 e. The lowest BCUT2D eigenvalue weighted by Crippen LogP contribution is -2.50. The molecule has 2 rings (SSSR count). The lowest BCUT2D eigenvalue weighted by atomic mass is 10.0.